The molecule has 0 unspecified atom stereocenters. The van der Waals surface area contributed by atoms with E-state index in [9.17, 15) is 26.4 Å². The third-order valence-electron chi connectivity index (χ3n) is 2.39. The fourth-order valence-corrected chi connectivity index (χ4v) is 2.78. The lowest BCUT2D eigenvalue weighted by atomic mass is 10.1. The van der Waals surface area contributed by atoms with E-state index in [-0.39, 0.29) is 5.56 Å². The first-order valence-corrected chi connectivity index (χ1v) is 7.54. The van der Waals surface area contributed by atoms with E-state index < -0.39 is 44.3 Å². The number of rotatable bonds is 4. The maximum atomic E-state index is 12.1. The molecule has 0 saturated carbocycles. The summed E-state index contributed by atoms with van der Waals surface area (Å²) in [4.78, 5) is 11.0. The maximum Gasteiger partial charge on any atom is 0.522 e. The highest BCUT2D eigenvalue weighted by molar-refractivity contribution is 7.90. The van der Waals surface area contributed by atoms with Gasteiger partial charge in [-0.1, -0.05) is 11.6 Å². The first kappa shape index (κ1) is 17.7. The molecule has 0 aliphatic rings. The molecule has 0 fully saturated rings. The van der Waals surface area contributed by atoms with Crippen LogP contribution in [0.1, 0.15) is 15.9 Å². The minimum absolute atomic E-state index is 0.257. The SMILES string of the molecule is COC(=O)c1ccc(S(C)(=O)=O)c(COC(F)(F)F)c1Cl. The quantitative estimate of drug-likeness (QED) is 0.784. The number of sulfone groups is 1. The van der Waals surface area contributed by atoms with Gasteiger partial charge in [-0.3, -0.25) is 4.74 Å². The molecule has 1 rings (SSSR count). The first-order valence-electron chi connectivity index (χ1n) is 5.28. The summed E-state index contributed by atoms with van der Waals surface area (Å²) in [6, 6.07) is 2.03. The lowest BCUT2D eigenvalue weighted by Crippen LogP contribution is -2.16. The number of methoxy groups -OCH3 is 1. The van der Waals surface area contributed by atoms with Crippen molar-refractivity contribution in [3.63, 3.8) is 0 Å². The highest BCUT2D eigenvalue weighted by Gasteiger charge is 2.31. The van der Waals surface area contributed by atoms with E-state index in [4.69, 9.17) is 11.6 Å². The molecule has 0 heterocycles. The zero-order valence-corrected chi connectivity index (χ0v) is 12.4. The smallest absolute Gasteiger partial charge is 0.465 e. The first-order chi connectivity index (χ1) is 9.47. The van der Waals surface area contributed by atoms with Crippen molar-refractivity contribution in [3.8, 4) is 0 Å². The molecule has 0 aliphatic heterocycles. The summed E-state index contributed by atoms with van der Waals surface area (Å²) in [5, 5.41) is -0.464. The van der Waals surface area contributed by atoms with Crippen LogP contribution in [0.25, 0.3) is 0 Å². The van der Waals surface area contributed by atoms with Gasteiger partial charge < -0.3 is 4.74 Å². The Morgan fingerprint density at radius 3 is 2.33 bits per heavy atom. The van der Waals surface area contributed by atoms with Crippen molar-refractivity contribution in [2.24, 2.45) is 0 Å². The molecule has 1 aromatic rings. The summed E-state index contributed by atoms with van der Waals surface area (Å²) in [6.45, 7) is -1.14. The molecule has 0 amide bonds. The van der Waals surface area contributed by atoms with Crippen LogP contribution in [0.4, 0.5) is 13.2 Å². The molecular formula is C11H10ClF3O5S. The Bertz CT molecular complexity index is 655. The van der Waals surface area contributed by atoms with Crippen LogP contribution in [-0.2, 0) is 25.9 Å². The Morgan fingerprint density at radius 1 is 1.33 bits per heavy atom. The van der Waals surface area contributed by atoms with E-state index in [1.54, 1.807) is 0 Å². The summed E-state index contributed by atoms with van der Waals surface area (Å²) in [5.74, 6) is -0.909. The van der Waals surface area contributed by atoms with Crippen LogP contribution in [-0.4, -0.2) is 34.1 Å². The van der Waals surface area contributed by atoms with Gasteiger partial charge in [0.05, 0.1) is 29.2 Å². The summed E-state index contributed by atoms with van der Waals surface area (Å²) in [5.41, 5.74) is -0.716. The summed E-state index contributed by atoms with van der Waals surface area (Å²) in [7, 11) is -2.81. The van der Waals surface area contributed by atoms with Crippen LogP contribution >= 0.6 is 11.6 Å². The van der Waals surface area contributed by atoms with Gasteiger partial charge in [-0.05, 0) is 12.1 Å². The van der Waals surface area contributed by atoms with Gasteiger partial charge >= 0.3 is 12.3 Å². The normalized spacial score (nSPS) is 12.3. The molecule has 21 heavy (non-hydrogen) atoms. The van der Waals surface area contributed by atoms with Gasteiger partial charge in [-0.2, -0.15) is 0 Å². The summed E-state index contributed by atoms with van der Waals surface area (Å²) < 4.78 is 67.5. The molecule has 0 N–H and O–H groups in total. The van der Waals surface area contributed by atoms with Crippen molar-refractivity contribution in [1.29, 1.82) is 0 Å². The van der Waals surface area contributed by atoms with Gasteiger partial charge in [0, 0.05) is 11.8 Å². The van der Waals surface area contributed by atoms with E-state index in [1.165, 1.54) is 0 Å². The maximum absolute atomic E-state index is 12.1. The number of ether oxygens (including phenoxy) is 2. The predicted molar refractivity (Wildman–Crippen MR) is 66.7 cm³/mol. The van der Waals surface area contributed by atoms with E-state index >= 15 is 0 Å². The van der Waals surface area contributed by atoms with Gasteiger partial charge in [-0.15, -0.1) is 13.2 Å². The standard InChI is InChI=1S/C11H10ClF3O5S/c1-19-10(16)6-3-4-8(21(2,17)18)7(9(6)12)5-20-11(13,14)15/h3-4H,5H2,1-2H3. The average Bonchev–Trinajstić information content (AvgIpc) is 2.33. The molecule has 1 aromatic carbocycles. The monoisotopic (exact) mass is 346 g/mol. The number of esters is 1. The molecule has 0 radical (unpaired) electrons. The molecule has 10 heteroatoms. The van der Waals surface area contributed by atoms with E-state index in [1.807, 2.05) is 0 Å². The number of carbonyl (C=O) groups excluding carboxylic acids is 1. The van der Waals surface area contributed by atoms with Crippen molar-refractivity contribution in [3.05, 3.63) is 28.3 Å². The number of benzene rings is 1. The van der Waals surface area contributed by atoms with E-state index in [0.717, 1.165) is 25.5 Å². The lowest BCUT2D eigenvalue weighted by molar-refractivity contribution is -0.330. The molecule has 0 aliphatic carbocycles. The third kappa shape index (κ3) is 4.58. The second-order valence-corrected chi connectivity index (χ2v) is 6.26. The minimum atomic E-state index is -4.97. The second-order valence-electron chi connectivity index (χ2n) is 3.90. The number of hydrogen-bond donors (Lipinski definition) is 0. The molecule has 0 aromatic heterocycles. The minimum Gasteiger partial charge on any atom is -0.465 e. The summed E-state index contributed by atoms with van der Waals surface area (Å²) in [6.07, 6.45) is -4.17. The topological polar surface area (TPSA) is 69.7 Å². The van der Waals surface area contributed by atoms with E-state index in [0.29, 0.717) is 0 Å². The molecule has 0 bridgehead atoms. The zero-order valence-electron chi connectivity index (χ0n) is 10.8. The van der Waals surface area contributed by atoms with Crippen LogP contribution in [0, 0.1) is 0 Å². The number of halogens is 4. The van der Waals surface area contributed by atoms with Crippen molar-refractivity contribution in [2.75, 3.05) is 13.4 Å². The zero-order chi connectivity index (χ0) is 16.4. The van der Waals surface area contributed by atoms with E-state index in [2.05, 4.69) is 9.47 Å². The van der Waals surface area contributed by atoms with Crippen molar-refractivity contribution >= 4 is 27.4 Å². The van der Waals surface area contributed by atoms with Crippen LogP contribution < -0.4 is 0 Å². The Labute approximate surface area is 123 Å². The molecule has 0 atom stereocenters. The predicted octanol–water partition coefficient (Wildman–Crippen LogP) is 2.57. The second kappa shape index (κ2) is 6.20. The average molecular weight is 347 g/mol. The van der Waals surface area contributed by atoms with Crippen LogP contribution in [0.3, 0.4) is 0 Å². The molecule has 118 valence electrons. The van der Waals surface area contributed by atoms with Gasteiger partial charge in [-0.25, -0.2) is 13.2 Å². The fraction of sp³-hybridized carbons (Fsp3) is 0.364. The van der Waals surface area contributed by atoms with Crippen LogP contribution in [0.2, 0.25) is 5.02 Å². The largest absolute Gasteiger partial charge is 0.522 e. The molecule has 0 spiro atoms. The van der Waals surface area contributed by atoms with Gasteiger partial charge in [0.1, 0.15) is 0 Å². The van der Waals surface area contributed by atoms with Crippen molar-refractivity contribution < 1.29 is 35.9 Å². The fourth-order valence-electron chi connectivity index (χ4n) is 1.51. The Kier molecular flexibility index (Phi) is 5.24. The van der Waals surface area contributed by atoms with Crippen molar-refractivity contribution in [1.82, 2.24) is 0 Å². The highest BCUT2D eigenvalue weighted by atomic mass is 35.5. The number of hydrogen-bond acceptors (Lipinski definition) is 5. The Balaban J connectivity index is 3.42. The van der Waals surface area contributed by atoms with Crippen LogP contribution in [0.15, 0.2) is 17.0 Å². The van der Waals surface area contributed by atoms with Gasteiger partial charge in [0.2, 0.25) is 0 Å². The highest BCUT2D eigenvalue weighted by Crippen LogP contribution is 2.31. The molecular weight excluding hydrogens is 337 g/mol. The molecule has 5 nitrogen and oxygen atoms in total. The Morgan fingerprint density at radius 2 is 1.90 bits per heavy atom. The number of alkyl halides is 3. The Hall–Kier alpha value is -1.32. The lowest BCUT2D eigenvalue weighted by Gasteiger charge is -2.14. The van der Waals surface area contributed by atoms with Gasteiger partial charge in [0.15, 0.2) is 9.84 Å². The summed E-state index contributed by atoms with van der Waals surface area (Å²) >= 11 is 5.81. The number of carbonyl (C=O) groups is 1. The van der Waals surface area contributed by atoms with Gasteiger partial charge in [0.25, 0.3) is 0 Å². The molecule has 0 saturated heterocycles. The van der Waals surface area contributed by atoms with Crippen LogP contribution in [0.5, 0.6) is 0 Å². The van der Waals surface area contributed by atoms with Crippen molar-refractivity contribution in [2.45, 2.75) is 17.9 Å². The third-order valence-corrected chi connectivity index (χ3v) is 4.00.